The van der Waals surface area contributed by atoms with Crippen molar-refractivity contribution in [2.24, 2.45) is 0 Å². The van der Waals surface area contributed by atoms with E-state index in [4.69, 9.17) is 30.5 Å². The number of ether oxygens (including phenoxy) is 4. The monoisotopic (exact) mass is 318 g/mol. The molecule has 0 fully saturated rings. The van der Waals surface area contributed by atoms with Gasteiger partial charge in [0.2, 0.25) is 0 Å². The molecule has 0 saturated carbocycles. The summed E-state index contributed by atoms with van der Waals surface area (Å²) >= 11 is 6.08. The summed E-state index contributed by atoms with van der Waals surface area (Å²) < 4.78 is 21.0. The molecule has 1 aromatic rings. The van der Waals surface area contributed by atoms with Crippen molar-refractivity contribution in [2.75, 3.05) is 46.8 Å². The Morgan fingerprint density at radius 3 is 2.24 bits per heavy atom. The van der Waals surface area contributed by atoms with Gasteiger partial charge in [-0.15, -0.1) is 0 Å². The molecule has 0 aromatic heterocycles. The molecular weight excluding hydrogens is 296 g/mol. The highest BCUT2D eigenvalue weighted by Crippen LogP contribution is 2.27. The average Bonchev–Trinajstić information content (AvgIpc) is 2.46. The molecule has 0 radical (unpaired) electrons. The van der Waals surface area contributed by atoms with E-state index in [-0.39, 0.29) is 0 Å². The van der Waals surface area contributed by atoms with Gasteiger partial charge in [-0.3, -0.25) is 0 Å². The zero-order valence-electron chi connectivity index (χ0n) is 12.5. The maximum atomic E-state index is 9.45. The quantitative estimate of drug-likeness (QED) is 0.635. The van der Waals surface area contributed by atoms with Gasteiger partial charge in [-0.05, 0) is 24.6 Å². The molecule has 1 rings (SSSR count). The maximum Gasteiger partial charge on any atom is 0.138 e. The van der Waals surface area contributed by atoms with E-state index < -0.39 is 6.10 Å². The Labute approximate surface area is 130 Å². The highest BCUT2D eigenvalue weighted by molar-refractivity contribution is 6.32. The fourth-order valence-corrected chi connectivity index (χ4v) is 1.81. The Bertz CT molecular complexity index is 398. The predicted molar refractivity (Wildman–Crippen MR) is 81.1 cm³/mol. The first-order valence-corrected chi connectivity index (χ1v) is 7.27. The minimum Gasteiger partial charge on any atom is -0.490 e. The van der Waals surface area contributed by atoms with E-state index in [0.29, 0.717) is 50.4 Å². The largest absolute Gasteiger partial charge is 0.490 e. The summed E-state index contributed by atoms with van der Waals surface area (Å²) in [6.07, 6.45) is -0.544. The van der Waals surface area contributed by atoms with Crippen molar-refractivity contribution >= 4 is 11.6 Å². The molecule has 21 heavy (non-hydrogen) atoms. The molecular formula is C15H23ClO5. The first-order chi connectivity index (χ1) is 10.1. The molecule has 0 aliphatic heterocycles. The molecule has 0 saturated heterocycles. The molecule has 1 N–H and O–H groups in total. The summed E-state index contributed by atoms with van der Waals surface area (Å²) in [5.74, 6) is 0.584. The summed E-state index contributed by atoms with van der Waals surface area (Å²) in [6, 6.07) is 5.24. The fourth-order valence-electron chi connectivity index (χ4n) is 1.57. The lowest BCUT2D eigenvalue weighted by molar-refractivity contribution is 0.0180. The normalized spacial score (nSPS) is 12.4. The SMILES string of the molecule is COCCOCCOCCOc1ccc(C(C)O)cc1Cl. The van der Waals surface area contributed by atoms with Crippen LogP contribution < -0.4 is 4.74 Å². The second-order valence-electron chi connectivity index (χ2n) is 4.43. The number of halogens is 1. The Morgan fingerprint density at radius 2 is 1.67 bits per heavy atom. The third-order valence-electron chi connectivity index (χ3n) is 2.73. The van der Waals surface area contributed by atoms with Gasteiger partial charge in [-0.2, -0.15) is 0 Å². The zero-order chi connectivity index (χ0) is 15.5. The van der Waals surface area contributed by atoms with E-state index in [1.165, 1.54) is 0 Å². The van der Waals surface area contributed by atoms with Crippen LogP contribution in [0.2, 0.25) is 5.02 Å². The summed E-state index contributed by atoms with van der Waals surface area (Å²) in [5, 5.41) is 9.93. The molecule has 5 nitrogen and oxygen atoms in total. The van der Waals surface area contributed by atoms with E-state index in [1.54, 1.807) is 32.2 Å². The van der Waals surface area contributed by atoms with E-state index in [0.717, 1.165) is 5.56 Å². The molecule has 1 atom stereocenters. The Kier molecular flexibility index (Phi) is 9.37. The van der Waals surface area contributed by atoms with Crippen LogP contribution in [0.25, 0.3) is 0 Å². The van der Waals surface area contributed by atoms with Gasteiger partial charge in [0.25, 0.3) is 0 Å². The Balaban J connectivity index is 2.13. The molecule has 0 amide bonds. The van der Waals surface area contributed by atoms with E-state index in [9.17, 15) is 5.11 Å². The third-order valence-corrected chi connectivity index (χ3v) is 3.02. The van der Waals surface area contributed by atoms with Gasteiger partial charge in [-0.1, -0.05) is 17.7 Å². The van der Waals surface area contributed by atoms with Gasteiger partial charge in [-0.25, -0.2) is 0 Å². The molecule has 0 aliphatic rings. The number of benzene rings is 1. The van der Waals surface area contributed by atoms with Crippen LogP contribution in [-0.4, -0.2) is 51.9 Å². The van der Waals surface area contributed by atoms with Gasteiger partial charge in [0.05, 0.1) is 44.2 Å². The van der Waals surface area contributed by atoms with Crippen LogP contribution in [-0.2, 0) is 14.2 Å². The Hall–Kier alpha value is -0.850. The number of aliphatic hydroxyl groups is 1. The predicted octanol–water partition coefficient (Wildman–Crippen LogP) is 2.45. The zero-order valence-corrected chi connectivity index (χ0v) is 13.3. The maximum absolute atomic E-state index is 9.45. The minimum atomic E-state index is -0.544. The highest BCUT2D eigenvalue weighted by Gasteiger charge is 2.06. The summed E-state index contributed by atoms with van der Waals surface area (Å²) in [5.41, 5.74) is 0.761. The van der Waals surface area contributed by atoms with Crippen molar-refractivity contribution in [3.8, 4) is 5.75 Å². The summed E-state index contributed by atoms with van der Waals surface area (Å²) in [7, 11) is 1.63. The number of aliphatic hydroxyl groups excluding tert-OH is 1. The highest BCUT2D eigenvalue weighted by atomic mass is 35.5. The molecule has 6 heteroatoms. The fraction of sp³-hybridized carbons (Fsp3) is 0.600. The van der Waals surface area contributed by atoms with Crippen molar-refractivity contribution in [3.63, 3.8) is 0 Å². The van der Waals surface area contributed by atoms with Gasteiger partial charge >= 0.3 is 0 Å². The van der Waals surface area contributed by atoms with Crippen LogP contribution in [0.4, 0.5) is 0 Å². The second kappa shape index (κ2) is 10.8. The van der Waals surface area contributed by atoms with Crippen molar-refractivity contribution in [1.29, 1.82) is 0 Å². The minimum absolute atomic E-state index is 0.409. The molecule has 0 bridgehead atoms. The van der Waals surface area contributed by atoms with Crippen molar-refractivity contribution in [1.82, 2.24) is 0 Å². The lowest BCUT2D eigenvalue weighted by Gasteiger charge is -2.11. The van der Waals surface area contributed by atoms with Gasteiger partial charge < -0.3 is 24.1 Å². The first-order valence-electron chi connectivity index (χ1n) is 6.90. The molecule has 120 valence electrons. The van der Waals surface area contributed by atoms with Crippen molar-refractivity contribution in [3.05, 3.63) is 28.8 Å². The number of hydrogen-bond acceptors (Lipinski definition) is 5. The van der Waals surface area contributed by atoms with Crippen LogP contribution in [0, 0.1) is 0 Å². The van der Waals surface area contributed by atoms with Crippen LogP contribution in [0.15, 0.2) is 18.2 Å². The summed E-state index contributed by atoms with van der Waals surface area (Å²) in [6.45, 7) is 4.77. The lowest BCUT2D eigenvalue weighted by atomic mass is 10.1. The van der Waals surface area contributed by atoms with Crippen molar-refractivity contribution in [2.45, 2.75) is 13.0 Å². The van der Waals surface area contributed by atoms with E-state index in [1.807, 2.05) is 0 Å². The van der Waals surface area contributed by atoms with Crippen LogP contribution in [0.1, 0.15) is 18.6 Å². The van der Waals surface area contributed by atoms with Crippen LogP contribution >= 0.6 is 11.6 Å². The standard InChI is InChI=1S/C15H23ClO5/c1-12(17)13-3-4-15(14(16)11-13)21-10-9-20-8-7-19-6-5-18-2/h3-4,11-12,17H,5-10H2,1-2H3. The van der Waals surface area contributed by atoms with Crippen molar-refractivity contribution < 1.29 is 24.1 Å². The smallest absolute Gasteiger partial charge is 0.138 e. The van der Waals surface area contributed by atoms with Gasteiger partial charge in [0.1, 0.15) is 12.4 Å². The average molecular weight is 319 g/mol. The number of hydrogen-bond donors (Lipinski definition) is 1. The second-order valence-corrected chi connectivity index (χ2v) is 4.84. The Morgan fingerprint density at radius 1 is 1.05 bits per heavy atom. The van der Waals surface area contributed by atoms with E-state index >= 15 is 0 Å². The lowest BCUT2D eigenvalue weighted by Crippen LogP contribution is -2.12. The number of rotatable bonds is 11. The van der Waals surface area contributed by atoms with Crippen LogP contribution in [0.5, 0.6) is 5.75 Å². The van der Waals surface area contributed by atoms with Crippen LogP contribution in [0.3, 0.4) is 0 Å². The van der Waals surface area contributed by atoms with Gasteiger partial charge in [0, 0.05) is 7.11 Å². The number of methoxy groups -OCH3 is 1. The molecule has 0 heterocycles. The van der Waals surface area contributed by atoms with E-state index in [2.05, 4.69) is 0 Å². The topological polar surface area (TPSA) is 57.2 Å². The molecule has 0 aliphatic carbocycles. The molecule has 1 unspecified atom stereocenters. The summed E-state index contributed by atoms with van der Waals surface area (Å²) in [4.78, 5) is 0. The first kappa shape index (κ1) is 18.2. The third kappa shape index (κ3) is 7.64. The molecule has 1 aromatic carbocycles. The van der Waals surface area contributed by atoms with Gasteiger partial charge in [0.15, 0.2) is 0 Å². The molecule has 0 spiro atoms.